The number of nitro groups is 1. The summed E-state index contributed by atoms with van der Waals surface area (Å²) in [6.07, 6.45) is 0. The number of carbonyl (C=O) groups is 1. The molecule has 0 aromatic heterocycles. The molecule has 21 heavy (non-hydrogen) atoms. The summed E-state index contributed by atoms with van der Waals surface area (Å²) in [5.41, 5.74) is 0.729. The number of amides is 1. The standard InChI is InChI=1S/C14H10BrFN2O3/c15-12-5-4-10(7-13(12)16)14(19)17-8-9-2-1-3-11(6-9)18(20)21/h1-7H,8H2,(H,17,19). The summed E-state index contributed by atoms with van der Waals surface area (Å²) in [5, 5.41) is 13.2. The van der Waals surface area contributed by atoms with Crippen LogP contribution in [0.4, 0.5) is 10.1 Å². The Morgan fingerprint density at radius 2 is 2.05 bits per heavy atom. The number of hydrogen-bond donors (Lipinski definition) is 1. The summed E-state index contributed by atoms with van der Waals surface area (Å²) in [6.45, 7) is 0.123. The SMILES string of the molecule is O=C(NCc1cccc([N+](=O)[O-])c1)c1ccc(Br)c(F)c1. The lowest BCUT2D eigenvalue weighted by Crippen LogP contribution is -2.22. The van der Waals surface area contributed by atoms with Gasteiger partial charge in [0.1, 0.15) is 5.82 Å². The molecule has 0 unspecified atom stereocenters. The van der Waals surface area contributed by atoms with E-state index in [0.29, 0.717) is 5.56 Å². The van der Waals surface area contributed by atoms with E-state index in [4.69, 9.17) is 0 Å². The van der Waals surface area contributed by atoms with E-state index in [2.05, 4.69) is 21.2 Å². The summed E-state index contributed by atoms with van der Waals surface area (Å²) in [4.78, 5) is 22.0. The number of benzene rings is 2. The van der Waals surface area contributed by atoms with Crippen LogP contribution in [0.2, 0.25) is 0 Å². The van der Waals surface area contributed by atoms with E-state index in [1.807, 2.05) is 0 Å². The Balaban J connectivity index is 2.05. The third kappa shape index (κ3) is 3.85. The van der Waals surface area contributed by atoms with Crippen molar-refractivity contribution < 1.29 is 14.1 Å². The summed E-state index contributed by atoms with van der Waals surface area (Å²) < 4.78 is 13.6. The Morgan fingerprint density at radius 3 is 2.71 bits per heavy atom. The zero-order chi connectivity index (χ0) is 15.4. The maximum atomic E-state index is 13.3. The third-order valence-corrected chi connectivity index (χ3v) is 3.40. The average molecular weight is 353 g/mol. The van der Waals surface area contributed by atoms with Gasteiger partial charge in [0.05, 0.1) is 9.40 Å². The van der Waals surface area contributed by atoms with Gasteiger partial charge in [-0.2, -0.15) is 0 Å². The Morgan fingerprint density at radius 1 is 1.29 bits per heavy atom. The van der Waals surface area contributed by atoms with E-state index < -0.39 is 16.6 Å². The molecule has 0 saturated heterocycles. The quantitative estimate of drug-likeness (QED) is 0.676. The zero-order valence-corrected chi connectivity index (χ0v) is 12.3. The van der Waals surface area contributed by atoms with Gasteiger partial charge in [0.25, 0.3) is 11.6 Å². The van der Waals surface area contributed by atoms with Crippen molar-refractivity contribution in [3.63, 3.8) is 0 Å². The van der Waals surface area contributed by atoms with E-state index in [9.17, 15) is 19.3 Å². The van der Waals surface area contributed by atoms with Crippen LogP contribution in [-0.2, 0) is 6.54 Å². The fraction of sp³-hybridized carbons (Fsp3) is 0.0714. The number of nitrogens with zero attached hydrogens (tertiary/aromatic N) is 1. The Hall–Kier alpha value is -2.28. The van der Waals surface area contributed by atoms with Gasteiger partial charge in [0.15, 0.2) is 0 Å². The highest BCUT2D eigenvalue weighted by atomic mass is 79.9. The van der Waals surface area contributed by atoms with Gasteiger partial charge in [0.2, 0.25) is 0 Å². The van der Waals surface area contributed by atoms with Crippen LogP contribution in [0.25, 0.3) is 0 Å². The maximum Gasteiger partial charge on any atom is 0.269 e. The lowest BCUT2D eigenvalue weighted by atomic mass is 10.1. The predicted octanol–water partition coefficient (Wildman–Crippen LogP) is 3.43. The van der Waals surface area contributed by atoms with E-state index in [0.717, 1.165) is 6.07 Å². The molecule has 0 aliphatic carbocycles. The normalized spacial score (nSPS) is 10.2. The van der Waals surface area contributed by atoms with Crippen LogP contribution in [-0.4, -0.2) is 10.8 Å². The minimum absolute atomic E-state index is 0.0450. The highest BCUT2D eigenvalue weighted by Crippen LogP contribution is 2.17. The fourth-order valence-corrected chi connectivity index (χ4v) is 1.95. The number of hydrogen-bond acceptors (Lipinski definition) is 3. The molecule has 2 aromatic rings. The van der Waals surface area contributed by atoms with Gasteiger partial charge < -0.3 is 5.32 Å². The Kier molecular flexibility index (Phi) is 4.64. The van der Waals surface area contributed by atoms with Gasteiger partial charge >= 0.3 is 0 Å². The topological polar surface area (TPSA) is 72.2 Å². The molecular formula is C14H10BrFN2O3. The van der Waals surface area contributed by atoms with Gasteiger partial charge in [0, 0.05) is 24.2 Å². The number of carbonyl (C=O) groups excluding carboxylic acids is 1. The molecule has 0 bridgehead atoms. The van der Waals surface area contributed by atoms with Crippen molar-refractivity contribution in [2.45, 2.75) is 6.54 Å². The highest BCUT2D eigenvalue weighted by molar-refractivity contribution is 9.10. The first kappa shape index (κ1) is 15.1. The molecule has 0 aliphatic rings. The van der Waals surface area contributed by atoms with Crippen LogP contribution in [0.5, 0.6) is 0 Å². The minimum atomic E-state index is -0.530. The number of nitrogens with one attached hydrogen (secondary N) is 1. The fourth-order valence-electron chi connectivity index (χ4n) is 1.70. The smallest absolute Gasteiger partial charge is 0.269 e. The van der Waals surface area contributed by atoms with Crippen molar-refractivity contribution in [3.8, 4) is 0 Å². The monoisotopic (exact) mass is 352 g/mol. The van der Waals surface area contributed by atoms with E-state index in [1.54, 1.807) is 12.1 Å². The Bertz CT molecular complexity index is 706. The van der Waals surface area contributed by atoms with Crippen LogP contribution >= 0.6 is 15.9 Å². The van der Waals surface area contributed by atoms with Crippen LogP contribution in [0, 0.1) is 15.9 Å². The molecule has 5 nitrogen and oxygen atoms in total. The van der Waals surface area contributed by atoms with Crippen molar-refractivity contribution in [1.29, 1.82) is 0 Å². The molecule has 0 saturated carbocycles. The summed E-state index contributed by atoms with van der Waals surface area (Å²) in [5.74, 6) is -0.981. The molecule has 0 aliphatic heterocycles. The largest absolute Gasteiger partial charge is 0.348 e. The van der Waals surface area contributed by atoms with Crippen molar-refractivity contribution in [1.82, 2.24) is 5.32 Å². The number of non-ortho nitro benzene ring substituents is 1. The van der Waals surface area contributed by atoms with Gasteiger partial charge in [-0.15, -0.1) is 0 Å². The molecule has 7 heteroatoms. The minimum Gasteiger partial charge on any atom is -0.348 e. The molecule has 1 amide bonds. The van der Waals surface area contributed by atoms with Gasteiger partial charge in [-0.3, -0.25) is 14.9 Å². The second-order valence-electron chi connectivity index (χ2n) is 4.24. The average Bonchev–Trinajstić information content (AvgIpc) is 2.48. The number of nitro benzene ring substituents is 1. The molecule has 0 radical (unpaired) electrons. The lowest BCUT2D eigenvalue weighted by molar-refractivity contribution is -0.384. The Labute approximate surface area is 128 Å². The van der Waals surface area contributed by atoms with Crippen LogP contribution in [0.15, 0.2) is 46.9 Å². The number of rotatable bonds is 4. The van der Waals surface area contributed by atoms with E-state index in [-0.39, 0.29) is 22.3 Å². The highest BCUT2D eigenvalue weighted by Gasteiger charge is 2.10. The molecule has 108 valence electrons. The molecule has 0 spiro atoms. The van der Waals surface area contributed by atoms with Gasteiger partial charge in [-0.05, 0) is 39.7 Å². The molecule has 0 atom stereocenters. The zero-order valence-electron chi connectivity index (χ0n) is 10.7. The van der Waals surface area contributed by atoms with Crippen molar-refractivity contribution in [3.05, 3.63) is 74.0 Å². The summed E-state index contributed by atoms with van der Waals surface area (Å²) >= 11 is 3.01. The maximum absolute atomic E-state index is 13.3. The summed E-state index contributed by atoms with van der Waals surface area (Å²) in [6, 6.07) is 9.99. The molecule has 2 aromatic carbocycles. The van der Waals surface area contributed by atoms with Crippen LogP contribution in [0.3, 0.4) is 0 Å². The second kappa shape index (κ2) is 6.45. The summed E-state index contributed by atoms with van der Waals surface area (Å²) in [7, 11) is 0. The van der Waals surface area contributed by atoms with Crippen molar-refractivity contribution >= 4 is 27.5 Å². The first-order valence-corrected chi connectivity index (χ1v) is 6.73. The number of halogens is 2. The van der Waals surface area contributed by atoms with Gasteiger partial charge in [-0.1, -0.05) is 12.1 Å². The lowest BCUT2D eigenvalue weighted by Gasteiger charge is -2.06. The first-order valence-electron chi connectivity index (χ1n) is 5.94. The molecule has 2 rings (SSSR count). The predicted molar refractivity (Wildman–Crippen MR) is 78.4 cm³/mol. The molecule has 0 heterocycles. The van der Waals surface area contributed by atoms with Crippen LogP contribution < -0.4 is 5.32 Å². The first-order chi connectivity index (χ1) is 9.97. The molecular weight excluding hydrogens is 343 g/mol. The third-order valence-electron chi connectivity index (χ3n) is 2.76. The van der Waals surface area contributed by atoms with Crippen molar-refractivity contribution in [2.75, 3.05) is 0 Å². The molecule has 1 N–H and O–H groups in total. The van der Waals surface area contributed by atoms with Crippen molar-refractivity contribution in [2.24, 2.45) is 0 Å². The molecule has 0 fully saturated rings. The second-order valence-corrected chi connectivity index (χ2v) is 5.09. The van der Waals surface area contributed by atoms with Crippen LogP contribution in [0.1, 0.15) is 15.9 Å². The van der Waals surface area contributed by atoms with Gasteiger partial charge in [-0.25, -0.2) is 4.39 Å². The van der Waals surface area contributed by atoms with E-state index >= 15 is 0 Å². The van der Waals surface area contributed by atoms with E-state index in [1.165, 1.54) is 24.3 Å².